The molecular formula is C13H19ClN2O. The van der Waals surface area contributed by atoms with E-state index in [1.54, 1.807) is 0 Å². The van der Waals surface area contributed by atoms with Crippen LogP contribution < -0.4 is 10.6 Å². The molecule has 1 aromatic rings. The molecule has 0 aliphatic carbocycles. The van der Waals surface area contributed by atoms with Crippen LogP contribution in [0.15, 0.2) is 18.2 Å². The summed E-state index contributed by atoms with van der Waals surface area (Å²) in [6, 6.07) is 6.00. The van der Waals surface area contributed by atoms with Gasteiger partial charge in [-0.1, -0.05) is 17.7 Å². The first-order valence-electron chi connectivity index (χ1n) is 6.02. The molecule has 94 valence electrons. The van der Waals surface area contributed by atoms with Gasteiger partial charge in [0.05, 0.1) is 10.7 Å². The van der Waals surface area contributed by atoms with Crippen LogP contribution in [0, 0.1) is 5.92 Å². The standard InChI is InChI=1S/C13H19ClN2O/c1-9(15)11-2-3-13(12(14)6-11)16-5-4-10(7-16)8-17/h2-3,6,9-10,17H,4-5,7-8,15H2,1H3/t9-,10?/m1/s1. The third-order valence-electron chi connectivity index (χ3n) is 3.38. The fraction of sp³-hybridized carbons (Fsp3) is 0.538. The Kier molecular flexibility index (Phi) is 3.92. The van der Waals surface area contributed by atoms with Gasteiger partial charge in [0.1, 0.15) is 0 Å². The van der Waals surface area contributed by atoms with Gasteiger partial charge in [0.25, 0.3) is 0 Å². The van der Waals surface area contributed by atoms with E-state index in [0.29, 0.717) is 5.92 Å². The summed E-state index contributed by atoms with van der Waals surface area (Å²) in [5.74, 6) is 0.374. The predicted molar refractivity (Wildman–Crippen MR) is 71.5 cm³/mol. The van der Waals surface area contributed by atoms with Crippen molar-refractivity contribution in [2.45, 2.75) is 19.4 Å². The fourth-order valence-corrected chi connectivity index (χ4v) is 2.57. The van der Waals surface area contributed by atoms with Gasteiger partial charge in [-0.15, -0.1) is 0 Å². The maximum absolute atomic E-state index is 9.14. The molecule has 3 N–H and O–H groups in total. The van der Waals surface area contributed by atoms with Crippen LogP contribution in [0.4, 0.5) is 5.69 Å². The van der Waals surface area contributed by atoms with Crippen LogP contribution in [0.1, 0.15) is 24.9 Å². The van der Waals surface area contributed by atoms with Crippen molar-refractivity contribution in [1.29, 1.82) is 0 Å². The number of hydrogen-bond donors (Lipinski definition) is 2. The smallest absolute Gasteiger partial charge is 0.0642 e. The Morgan fingerprint density at radius 3 is 2.88 bits per heavy atom. The van der Waals surface area contributed by atoms with Crippen molar-refractivity contribution in [3.63, 3.8) is 0 Å². The number of hydrogen-bond acceptors (Lipinski definition) is 3. The summed E-state index contributed by atoms with van der Waals surface area (Å²) < 4.78 is 0. The summed E-state index contributed by atoms with van der Waals surface area (Å²) in [5, 5.41) is 9.89. The van der Waals surface area contributed by atoms with E-state index in [0.717, 1.165) is 35.8 Å². The van der Waals surface area contributed by atoms with Crippen molar-refractivity contribution in [3.05, 3.63) is 28.8 Å². The molecule has 1 saturated heterocycles. The average Bonchev–Trinajstić information content (AvgIpc) is 2.77. The molecule has 0 radical (unpaired) electrons. The SMILES string of the molecule is C[C@@H](N)c1ccc(N2CCC(CO)C2)c(Cl)c1. The highest BCUT2D eigenvalue weighted by molar-refractivity contribution is 6.33. The number of anilines is 1. The van der Waals surface area contributed by atoms with Crippen LogP contribution in [-0.4, -0.2) is 24.8 Å². The van der Waals surface area contributed by atoms with E-state index in [1.165, 1.54) is 0 Å². The van der Waals surface area contributed by atoms with E-state index in [4.69, 9.17) is 22.4 Å². The van der Waals surface area contributed by atoms with E-state index in [2.05, 4.69) is 4.90 Å². The van der Waals surface area contributed by atoms with Gasteiger partial charge in [-0.2, -0.15) is 0 Å². The first kappa shape index (κ1) is 12.7. The van der Waals surface area contributed by atoms with Gasteiger partial charge in [-0.05, 0) is 31.0 Å². The Bertz CT molecular complexity index is 395. The summed E-state index contributed by atoms with van der Waals surface area (Å²) in [5.41, 5.74) is 7.93. The second-order valence-electron chi connectivity index (χ2n) is 4.78. The number of rotatable bonds is 3. The molecule has 17 heavy (non-hydrogen) atoms. The maximum Gasteiger partial charge on any atom is 0.0642 e. The van der Waals surface area contributed by atoms with Crippen molar-refractivity contribution in [1.82, 2.24) is 0 Å². The predicted octanol–water partition coefficient (Wildman–Crippen LogP) is 2.18. The maximum atomic E-state index is 9.14. The lowest BCUT2D eigenvalue weighted by Gasteiger charge is -2.21. The molecule has 1 aromatic carbocycles. The van der Waals surface area contributed by atoms with Crippen LogP contribution in [-0.2, 0) is 0 Å². The molecule has 0 amide bonds. The molecule has 0 saturated carbocycles. The minimum absolute atomic E-state index is 0.00492. The highest BCUT2D eigenvalue weighted by atomic mass is 35.5. The Labute approximate surface area is 107 Å². The summed E-state index contributed by atoms with van der Waals surface area (Å²) in [6.07, 6.45) is 1.03. The molecule has 1 aliphatic rings. The molecule has 4 heteroatoms. The Morgan fingerprint density at radius 2 is 2.35 bits per heavy atom. The molecule has 0 aromatic heterocycles. The first-order chi connectivity index (χ1) is 8.11. The second-order valence-corrected chi connectivity index (χ2v) is 5.19. The first-order valence-corrected chi connectivity index (χ1v) is 6.40. The van der Waals surface area contributed by atoms with Crippen molar-refractivity contribution >= 4 is 17.3 Å². The van der Waals surface area contributed by atoms with Gasteiger partial charge >= 0.3 is 0 Å². The van der Waals surface area contributed by atoms with Crippen molar-refractivity contribution in [2.75, 3.05) is 24.6 Å². The van der Waals surface area contributed by atoms with E-state index in [1.807, 2.05) is 25.1 Å². The normalized spacial score (nSPS) is 21.9. The van der Waals surface area contributed by atoms with Crippen LogP contribution in [0.5, 0.6) is 0 Å². The fourth-order valence-electron chi connectivity index (χ4n) is 2.26. The topological polar surface area (TPSA) is 49.5 Å². The van der Waals surface area contributed by atoms with Gasteiger partial charge in [0.2, 0.25) is 0 Å². The molecule has 0 spiro atoms. The Morgan fingerprint density at radius 1 is 1.59 bits per heavy atom. The number of benzene rings is 1. The summed E-state index contributed by atoms with van der Waals surface area (Å²) in [4.78, 5) is 2.23. The zero-order valence-corrected chi connectivity index (χ0v) is 10.8. The van der Waals surface area contributed by atoms with Gasteiger partial charge < -0.3 is 15.7 Å². The number of aliphatic hydroxyl groups is 1. The molecule has 2 atom stereocenters. The molecular weight excluding hydrogens is 236 g/mol. The largest absolute Gasteiger partial charge is 0.396 e. The molecule has 1 heterocycles. The third kappa shape index (κ3) is 2.73. The molecule has 1 unspecified atom stereocenters. The van der Waals surface area contributed by atoms with Crippen LogP contribution >= 0.6 is 11.6 Å². The summed E-state index contributed by atoms with van der Waals surface area (Å²) in [6.45, 7) is 4.05. The van der Waals surface area contributed by atoms with Gasteiger partial charge in [-0.25, -0.2) is 0 Å². The Hall–Kier alpha value is -0.770. The molecule has 3 nitrogen and oxygen atoms in total. The minimum Gasteiger partial charge on any atom is -0.396 e. The summed E-state index contributed by atoms with van der Waals surface area (Å²) in [7, 11) is 0. The summed E-state index contributed by atoms with van der Waals surface area (Å²) >= 11 is 6.28. The molecule has 1 fully saturated rings. The second kappa shape index (κ2) is 5.25. The lowest BCUT2D eigenvalue weighted by molar-refractivity contribution is 0.238. The molecule has 2 rings (SSSR count). The van der Waals surface area contributed by atoms with E-state index in [-0.39, 0.29) is 12.6 Å². The lowest BCUT2D eigenvalue weighted by Crippen LogP contribution is -2.21. The van der Waals surface area contributed by atoms with Crippen LogP contribution in [0.25, 0.3) is 0 Å². The van der Waals surface area contributed by atoms with Crippen LogP contribution in [0.3, 0.4) is 0 Å². The van der Waals surface area contributed by atoms with Gasteiger partial charge in [0, 0.05) is 31.7 Å². The highest BCUT2D eigenvalue weighted by Gasteiger charge is 2.23. The Balaban J connectivity index is 2.17. The third-order valence-corrected chi connectivity index (χ3v) is 3.68. The zero-order chi connectivity index (χ0) is 12.4. The van der Waals surface area contributed by atoms with E-state index >= 15 is 0 Å². The van der Waals surface area contributed by atoms with E-state index in [9.17, 15) is 0 Å². The van der Waals surface area contributed by atoms with E-state index < -0.39 is 0 Å². The average molecular weight is 255 g/mol. The number of nitrogens with zero attached hydrogens (tertiary/aromatic N) is 1. The van der Waals surface area contributed by atoms with Gasteiger partial charge in [0.15, 0.2) is 0 Å². The van der Waals surface area contributed by atoms with Crippen molar-refractivity contribution < 1.29 is 5.11 Å². The number of nitrogens with two attached hydrogens (primary N) is 1. The molecule has 0 bridgehead atoms. The van der Waals surface area contributed by atoms with Gasteiger partial charge in [-0.3, -0.25) is 0 Å². The number of halogens is 1. The number of aliphatic hydroxyl groups excluding tert-OH is 1. The lowest BCUT2D eigenvalue weighted by atomic mass is 10.1. The van der Waals surface area contributed by atoms with Crippen LogP contribution in [0.2, 0.25) is 5.02 Å². The van der Waals surface area contributed by atoms with Crippen molar-refractivity contribution in [2.24, 2.45) is 11.7 Å². The monoisotopic (exact) mass is 254 g/mol. The minimum atomic E-state index is 0.00492. The highest BCUT2D eigenvalue weighted by Crippen LogP contribution is 2.32. The van der Waals surface area contributed by atoms with Crippen molar-refractivity contribution in [3.8, 4) is 0 Å². The molecule has 1 aliphatic heterocycles. The zero-order valence-electron chi connectivity index (χ0n) is 10.1. The quantitative estimate of drug-likeness (QED) is 0.869.